The summed E-state index contributed by atoms with van der Waals surface area (Å²) in [6.45, 7) is 3.65. The van der Waals surface area contributed by atoms with Crippen LogP contribution >= 0.6 is 11.3 Å². The second kappa shape index (κ2) is 2.08. The molecule has 58 valence electrons. The third kappa shape index (κ3) is 0.807. The van der Waals surface area contributed by atoms with Crippen molar-refractivity contribution in [1.82, 2.24) is 0 Å². The molecule has 2 aromatic heterocycles. The molecule has 2 heterocycles. The molecule has 1 nitrogen and oxygen atoms in total. The summed E-state index contributed by atoms with van der Waals surface area (Å²) in [5, 5.41) is 1.97. The molecule has 0 fully saturated rings. The van der Waals surface area contributed by atoms with Gasteiger partial charge in [0.05, 0.1) is 4.70 Å². The Morgan fingerprint density at radius 2 is 2.18 bits per heavy atom. The molecule has 3 heteroatoms. The van der Waals surface area contributed by atoms with E-state index in [4.69, 9.17) is 4.42 Å². The summed E-state index contributed by atoms with van der Waals surface area (Å²) < 4.78 is 18.6. The molecule has 0 atom stereocenters. The molecule has 0 spiro atoms. The molecular weight excluding hydrogens is 163 g/mol. The topological polar surface area (TPSA) is 13.1 Å². The van der Waals surface area contributed by atoms with Gasteiger partial charge < -0.3 is 4.42 Å². The van der Waals surface area contributed by atoms with E-state index in [1.807, 2.05) is 12.3 Å². The minimum Gasteiger partial charge on any atom is -0.430 e. The highest BCUT2D eigenvalue weighted by molar-refractivity contribution is 7.17. The smallest absolute Gasteiger partial charge is 0.282 e. The lowest BCUT2D eigenvalue weighted by Gasteiger charge is -1.79. The summed E-state index contributed by atoms with van der Waals surface area (Å²) in [6.07, 6.45) is 0. The SMILES string of the molecule is Cc1csc2c(C)c(F)oc12. The molecule has 2 rings (SSSR count). The molecule has 0 aromatic carbocycles. The molecule has 0 saturated carbocycles. The zero-order valence-electron chi connectivity index (χ0n) is 6.27. The van der Waals surface area contributed by atoms with Crippen LogP contribution in [0.5, 0.6) is 0 Å². The predicted octanol–water partition coefficient (Wildman–Crippen LogP) is 3.25. The standard InChI is InChI=1S/C8H7FOS/c1-4-3-11-7-5(2)8(9)10-6(4)7/h3H,1-2H3. The van der Waals surface area contributed by atoms with Crippen molar-refractivity contribution in [2.75, 3.05) is 0 Å². The maximum absolute atomic E-state index is 12.8. The Morgan fingerprint density at radius 3 is 2.82 bits per heavy atom. The van der Waals surface area contributed by atoms with Gasteiger partial charge >= 0.3 is 0 Å². The van der Waals surface area contributed by atoms with E-state index in [-0.39, 0.29) is 0 Å². The zero-order valence-corrected chi connectivity index (χ0v) is 7.09. The van der Waals surface area contributed by atoms with Crippen LogP contribution in [0.15, 0.2) is 9.80 Å². The van der Waals surface area contributed by atoms with Crippen molar-refractivity contribution in [2.45, 2.75) is 13.8 Å². The quantitative estimate of drug-likeness (QED) is 0.591. The Kier molecular flexibility index (Phi) is 1.29. The van der Waals surface area contributed by atoms with E-state index in [0.717, 1.165) is 10.3 Å². The Balaban J connectivity index is 2.93. The molecule has 0 saturated heterocycles. The fraction of sp³-hybridized carbons (Fsp3) is 0.250. The molecule has 0 aliphatic heterocycles. The lowest BCUT2D eigenvalue weighted by Crippen LogP contribution is -1.67. The molecule has 2 aromatic rings. The third-order valence-corrected chi connectivity index (χ3v) is 2.94. The molecule has 0 amide bonds. The predicted molar refractivity (Wildman–Crippen MR) is 43.5 cm³/mol. The van der Waals surface area contributed by atoms with Crippen LogP contribution in [0.1, 0.15) is 11.1 Å². The summed E-state index contributed by atoms with van der Waals surface area (Å²) in [5.74, 6) is 0. The summed E-state index contributed by atoms with van der Waals surface area (Å²) in [7, 11) is 0. The van der Waals surface area contributed by atoms with Crippen molar-refractivity contribution >= 4 is 21.6 Å². The summed E-state index contributed by atoms with van der Waals surface area (Å²) in [5.41, 5.74) is 2.33. The van der Waals surface area contributed by atoms with Gasteiger partial charge in [-0.1, -0.05) is 0 Å². The monoisotopic (exact) mass is 170 g/mol. The fourth-order valence-corrected chi connectivity index (χ4v) is 2.04. The van der Waals surface area contributed by atoms with Gasteiger partial charge in [0.25, 0.3) is 6.01 Å². The third-order valence-electron chi connectivity index (χ3n) is 1.75. The molecule has 0 unspecified atom stereocenters. The van der Waals surface area contributed by atoms with Crippen LogP contribution in [0.2, 0.25) is 0 Å². The first-order chi connectivity index (χ1) is 5.20. The first kappa shape index (κ1) is 6.85. The van der Waals surface area contributed by atoms with Gasteiger partial charge in [0.15, 0.2) is 5.58 Å². The largest absolute Gasteiger partial charge is 0.430 e. The average Bonchev–Trinajstić information content (AvgIpc) is 2.43. The minimum absolute atomic E-state index is 0.449. The van der Waals surface area contributed by atoms with Crippen molar-refractivity contribution in [2.24, 2.45) is 0 Å². The van der Waals surface area contributed by atoms with E-state index in [2.05, 4.69) is 0 Å². The lowest BCUT2D eigenvalue weighted by molar-refractivity contribution is 0.375. The number of halogens is 1. The van der Waals surface area contributed by atoms with Gasteiger partial charge in [0, 0.05) is 11.1 Å². The minimum atomic E-state index is -0.449. The van der Waals surface area contributed by atoms with Crippen LogP contribution < -0.4 is 0 Å². The van der Waals surface area contributed by atoms with E-state index in [1.165, 1.54) is 11.3 Å². The molecular formula is C8H7FOS. The van der Waals surface area contributed by atoms with Crippen LogP contribution in [0.25, 0.3) is 10.3 Å². The second-order valence-electron chi connectivity index (χ2n) is 2.58. The summed E-state index contributed by atoms with van der Waals surface area (Å²) in [6, 6.07) is -0.449. The highest BCUT2D eigenvalue weighted by Crippen LogP contribution is 2.31. The van der Waals surface area contributed by atoms with Crippen molar-refractivity contribution in [3.63, 3.8) is 0 Å². The first-order valence-corrected chi connectivity index (χ1v) is 4.21. The Hall–Kier alpha value is -0.830. The van der Waals surface area contributed by atoms with Gasteiger partial charge in [-0.15, -0.1) is 11.3 Å². The number of rotatable bonds is 0. The summed E-state index contributed by atoms with van der Waals surface area (Å²) in [4.78, 5) is 0. The average molecular weight is 170 g/mol. The molecule has 0 aliphatic rings. The molecule has 11 heavy (non-hydrogen) atoms. The highest BCUT2D eigenvalue weighted by atomic mass is 32.1. The lowest BCUT2D eigenvalue weighted by atomic mass is 10.3. The van der Waals surface area contributed by atoms with Crippen LogP contribution in [0, 0.1) is 19.9 Å². The maximum atomic E-state index is 12.8. The Bertz CT molecular complexity index is 399. The number of aryl methyl sites for hydroxylation is 2. The molecule has 0 aliphatic carbocycles. The number of hydrogen-bond acceptors (Lipinski definition) is 2. The van der Waals surface area contributed by atoms with Gasteiger partial charge in [-0.05, 0) is 19.2 Å². The van der Waals surface area contributed by atoms with E-state index in [0.29, 0.717) is 11.1 Å². The Labute approximate surface area is 67.4 Å². The molecule has 0 radical (unpaired) electrons. The van der Waals surface area contributed by atoms with Gasteiger partial charge in [0.1, 0.15) is 0 Å². The maximum Gasteiger partial charge on any atom is 0.282 e. The number of hydrogen-bond donors (Lipinski definition) is 0. The number of thiophene rings is 1. The van der Waals surface area contributed by atoms with E-state index in [1.54, 1.807) is 6.92 Å². The van der Waals surface area contributed by atoms with Crippen LogP contribution in [0.3, 0.4) is 0 Å². The van der Waals surface area contributed by atoms with Crippen molar-refractivity contribution in [3.8, 4) is 0 Å². The van der Waals surface area contributed by atoms with Gasteiger partial charge in [-0.3, -0.25) is 0 Å². The molecule has 0 bridgehead atoms. The number of furan rings is 1. The van der Waals surface area contributed by atoms with Crippen LogP contribution in [-0.2, 0) is 0 Å². The van der Waals surface area contributed by atoms with Crippen molar-refractivity contribution < 1.29 is 8.81 Å². The zero-order chi connectivity index (χ0) is 8.01. The van der Waals surface area contributed by atoms with Crippen molar-refractivity contribution in [1.29, 1.82) is 0 Å². The van der Waals surface area contributed by atoms with Crippen molar-refractivity contribution in [3.05, 3.63) is 22.5 Å². The molecule has 0 N–H and O–H groups in total. The second-order valence-corrected chi connectivity index (χ2v) is 3.46. The highest BCUT2D eigenvalue weighted by Gasteiger charge is 2.12. The van der Waals surface area contributed by atoms with Gasteiger partial charge in [0.2, 0.25) is 0 Å². The van der Waals surface area contributed by atoms with Gasteiger partial charge in [-0.25, -0.2) is 0 Å². The Morgan fingerprint density at radius 1 is 1.45 bits per heavy atom. The van der Waals surface area contributed by atoms with Crippen LogP contribution in [-0.4, -0.2) is 0 Å². The first-order valence-electron chi connectivity index (χ1n) is 3.33. The normalized spacial score (nSPS) is 11.2. The van der Waals surface area contributed by atoms with E-state index in [9.17, 15) is 4.39 Å². The fourth-order valence-electron chi connectivity index (χ4n) is 1.07. The van der Waals surface area contributed by atoms with Crippen LogP contribution in [0.4, 0.5) is 4.39 Å². The number of fused-ring (bicyclic) bond motifs is 1. The summed E-state index contributed by atoms with van der Waals surface area (Å²) >= 11 is 1.53. The van der Waals surface area contributed by atoms with E-state index < -0.39 is 6.01 Å². The van der Waals surface area contributed by atoms with E-state index >= 15 is 0 Å². The van der Waals surface area contributed by atoms with Gasteiger partial charge in [-0.2, -0.15) is 4.39 Å².